The molecule has 7 nitrogen and oxygen atoms in total. The zero-order valence-electron chi connectivity index (χ0n) is 16.1. The Morgan fingerprint density at radius 2 is 2.18 bits per heavy atom. The molecule has 0 bridgehead atoms. The molecule has 28 heavy (non-hydrogen) atoms. The molecule has 1 saturated heterocycles. The molecule has 3 aromatic rings. The summed E-state index contributed by atoms with van der Waals surface area (Å²) in [7, 11) is 0. The highest BCUT2D eigenvalue weighted by Gasteiger charge is 2.29. The first-order valence-corrected chi connectivity index (χ1v) is 10.2. The van der Waals surface area contributed by atoms with Crippen molar-refractivity contribution in [3.63, 3.8) is 0 Å². The van der Waals surface area contributed by atoms with Gasteiger partial charge in [0.1, 0.15) is 16.7 Å². The molecule has 1 fully saturated rings. The van der Waals surface area contributed by atoms with Crippen molar-refractivity contribution < 1.29 is 14.1 Å². The summed E-state index contributed by atoms with van der Waals surface area (Å²) in [5, 5.41) is 4.07. The molecule has 0 aromatic carbocycles. The van der Waals surface area contributed by atoms with Crippen LogP contribution in [0.4, 0.5) is 0 Å². The largest absolute Gasteiger partial charge is 0.368 e. The molecule has 3 aromatic heterocycles. The number of carbonyl (C=O) groups is 1. The van der Waals surface area contributed by atoms with E-state index in [4.69, 9.17) is 14.2 Å². The summed E-state index contributed by atoms with van der Waals surface area (Å²) in [4.78, 5) is 24.4. The Morgan fingerprint density at radius 3 is 2.93 bits per heavy atom. The molecular formula is C20H22N4O3S. The Morgan fingerprint density at radius 1 is 1.32 bits per heavy atom. The van der Waals surface area contributed by atoms with Gasteiger partial charge in [0.25, 0.3) is 5.91 Å². The number of rotatable bonds is 4. The molecule has 1 atom stereocenters. The van der Waals surface area contributed by atoms with Crippen molar-refractivity contribution in [2.75, 3.05) is 19.7 Å². The fraction of sp³-hybridized carbons (Fsp3) is 0.400. The van der Waals surface area contributed by atoms with Crippen LogP contribution in [0.2, 0.25) is 0 Å². The highest BCUT2D eigenvalue weighted by atomic mass is 32.1. The summed E-state index contributed by atoms with van der Waals surface area (Å²) in [6.07, 6.45) is 0.481. The average molecular weight is 398 g/mol. The smallest absolute Gasteiger partial charge is 0.266 e. The van der Waals surface area contributed by atoms with Crippen molar-refractivity contribution in [2.24, 2.45) is 0 Å². The van der Waals surface area contributed by atoms with E-state index < -0.39 is 0 Å². The van der Waals surface area contributed by atoms with Crippen LogP contribution >= 0.6 is 11.3 Å². The van der Waals surface area contributed by atoms with Crippen molar-refractivity contribution in [1.82, 2.24) is 20.0 Å². The second-order valence-electron chi connectivity index (χ2n) is 6.74. The molecule has 4 rings (SSSR count). The number of ether oxygens (including phenoxy) is 1. The van der Waals surface area contributed by atoms with E-state index in [0.717, 1.165) is 40.5 Å². The number of aryl methyl sites for hydroxylation is 3. The van der Waals surface area contributed by atoms with Gasteiger partial charge < -0.3 is 14.2 Å². The van der Waals surface area contributed by atoms with Crippen LogP contribution in [-0.2, 0) is 11.2 Å². The Hall–Kier alpha value is -2.58. The minimum Gasteiger partial charge on any atom is -0.368 e. The van der Waals surface area contributed by atoms with E-state index in [1.165, 1.54) is 11.3 Å². The SMILES string of the molecule is CCc1onc(C)c1-c1cccc(C2CN(C(=O)c3scnc3C)CCO2)n1. The topological polar surface area (TPSA) is 81.4 Å². The summed E-state index contributed by atoms with van der Waals surface area (Å²) in [6, 6.07) is 5.85. The van der Waals surface area contributed by atoms with Crippen LogP contribution in [0.15, 0.2) is 28.2 Å². The zero-order valence-corrected chi connectivity index (χ0v) is 17.0. The predicted molar refractivity (Wildman–Crippen MR) is 105 cm³/mol. The van der Waals surface area contributed by atoms with Gasteiger partial charge in [0.05, 0.1) is 47.0 Å². The van der Waals surface area contributed by atoms with Gasteiger partial charge in [-0.25, -0.2) is 9.97 Å². The monoisotopic (exact) mass is 398 g/mol. The third-order valence-electron chi connectivity index (χ3n) is 4.90. The summed E-state index contributed by atoms with van der Waals surface area (Å²) < 4.78 is 11.3. The number of aromatic nitrogens is 3. The van der Waals surface area contributed by atoms with E-state index in [0.29, 0.717) is 24.6 Å². The summed E-state index contributed by atoms with van der Waals surface area (Å²) in [5.41, 5.74) is 5.86. The quantitative estimate of drug-likeness (QED) is 0.668. The summed E-state index contributed by atoms with van der Waals surface area (Å²) in [5.74, 6) is 0.830. The normalized spacial score (nSPS) is 17.1. The third-order valence-corrected chi connectivity index (χ3v) is 5.82. The first-order chi connectivity index (χ1) is 13.6. The van der Waals surface area contributed by atoms with Crippen LogP contribution in [0.5, 0.6) is 0 Å². The van der Waals surface area contributed by atoms with Crippen LogP contribution in [0, 0.1) is 13.8 Å². The molecule has 0 saturated carbocycles. The number of pyridine rings is 1. The number of hydrogen-bond acceptors (Lipinski definition) is 7. The number of carbonyl (C=O) groups excluding carboxylic acids is 1. The maximum absolute atomic E-state index is 12.8. The molecule has 8 heteroatoms. The molecule has 0 spiro atoms. The lowest BCUT2D eigenvalue weighted by molar-refractivity contribution is -0.0245. The average Bonchev–Trinajstić information content (AvgIpc) is 3.32. The molecule has 0 N–H and O–H groups in total. The Kier molecular flexibility index (Phi) is 5.23. The molecule has 1 amide bonds. The zero-order chi connectivity index (χ0) is 19.7. The van der Waals surface area contributed by atoms with E-state index >= 15 is 0 Å². The molecule has 146 valence electrons. The molecule has 4 heterocycles. The molecule has 1 unspecified atom stereocenters. The van der Waals surface area contributed by atoms with Crippen LogP contribution in [0.1, 0.15) is 45.5 Å². The summed E-state index contributed by atoms with van der Waals surface area (Å²) >= 11 is 1.38. The second-order valence-corrected chi connectivity index (χ2v) is 7.60. The fourth-order valence-electron chi connectivity index (χ4n) is 3.42. The Bertz CT molecular complexity index is 997. The van der Waals surface area contributed by atoms with Crippen LogP contribution in [0.3, 0.4) is 0 Å². The highest BCUT2D eigenvalue weighted by molar-refractivity contribution is 7.11. The third kappa shape index (κ3) is 3.45. The second kappa shape index (κ2) is 7.81. The number of hydrogen-bond donors (Lipinski definition) is 0. The van der Waals surface area contributed by atoms with Gasteiger partial charge in [-0.2, -0.15) is 0 Å². The van der Waals surface area contributed by atoms with Gasteiger partial charge in [0.2, 0.25) is 0 Å². The number of morpholine rings is 1. The van der Waals surface area contributed by atoms with Crippen molar-refractivity contribution >= 4 is 17.2 Å². The minimum atomic E-state index is -0.267. The Balaban J connectivity index is 1.58. The minimum absolute atomic E-state index is 0.00704. The van der Waals surface area contributed by atoms with Crippen molar-refractivity contribution in [3.05, 3.63) is 51.4 Å². The van der Waals surface area contributed by atoms with Gasteiger partial charge in [0.15, 0.2) is 0 Å². The lowest BCUT2D eigenvalue weighted by Gasteiger charge is -2.32. The van der Waals surface area contributed by atoms with Crippen molar-refractivity contribution in [1.29, 1.82) is 0 Å². The number of nitrogens with zero attached hydrogens (tertiary/aromatic N) is 4. The van der Waals surface area contributed by atoms with E-state index in [1.807, 2.05) is 43.9 Å². The Labute approximate surface area is 167 Å². The van der Waals surface area contributed by atoms with Crippen LogP contribution < -0.4 is 0 Å². The van der Waals surface area contributed by atoms with E-state index in [2.05, 4.69) is 10.1 Å². The lowest BCUT2D eigenvalue weighted by atomic mass is 10.1. The van der Waals surface area contributed by atoms with Crippen molar-refractivity contribution in [3.8, 4) is 11.3 Å². The molecular weight excluding hydrogens is 376 g/mol. The molecule has 1 aliphatic heterocycles. The standard InChI is InChI=1S/C20H22N4O3S/c1-4-16-18(12(2)23-27-16)15-7-5-6-14(22-15)17-10-24(8-9-26-17)20(25)19-13(3)21-11-28-19/h5-7,11,17H,4,8-10H2,1-3H3. The first kappa shape index (κ1) is 18.8. The van der Waals surface area contributed by atoms with Gasteiger partial charge in [-0.05, 0) is 26.0 Å². The number of amides is 1. The highest BCUT2D eigenvalue weighted by Crippen LogP contribution is 2.29. The van der Waals surface area contributed by atoms with Crippen molar-refractivity contribution in [2.45, 2.75) is 33.3 Å². The molecule has 0 radical (unpaired) electrons. The van der Waals surface area contributed by atoms with E-state index in [-0.39, 0.29) is 12.0 Å². The maximum atomic E-state index is 12.8. The number of thiazole rings is 1. The first-order valence-electron chi connectivity index (χ1n) is 9.32. The predicted octanol–water partition coefficient (Wildman–Crippen LogP) is 3.59. The van der Waals surface area contributed by atoms with E-state index in [1.54, 1.807) is 5.51 Å². The summed E-state index contributed by atoms with van der Waals surface area (Å²) in [6.45, 7) is 7.32. The molecule has 1 aliphatic rings. The van der Waals surface area contributed by atoms with E-state index in [9.17, 15) is 4.79 Å². The lowest BCUT2D eigenvalue weighted by Crippen LogP contribution is -2.42. The van der Waals surface area contributed by atoms with Crippen LogP contribution in [0.25, 0.3) is 11.3 Å². The maximum Gasteiger partial charge on any atom is 0.266 e. The van der Waals surface area contributed by atoms with Gasteiger partial charge >= 0.3 is 0 Å². The van der Waals surface area contributed by atoms with Gasteiger partial charge in [0, 0.05) is 13.0 Å². The van der Waals surface area contributed by atoms with Crippen LogP contribution in [-0.4, -0.2) is 45.6 Å². The van der Waals surface area contributed by atoms with Gasteiger partial charge in [-0.3, -0.25) is 4.79 Å². The van der Waals surface area contributed by atoms with Gasteiger partial charge in [-0.15, -0.1) is 11.3 Å². The fourth-order valence-corrected chi connectivity index (χ4v) is 4.19. The van der Waals surface area contributed by atoms with Gasteiger partial charge in [-0.1, -0.05) is 18.1 Å². The molecule has 0 aliphatic carbocycles.